The van der Waals surface area contributed by atoms with Crippen LogP contribution in [0.1, 0.15) is 26.7 Å². The van der Waals surface area contributed by atoms with Crippen LogP contribution in [0, 0.1) is 11.3 Å². The van der Waals surface area contributed by atoms with E-state index in [0.29, 0.717) is 5.92 Å². The summed E-state index contributed by atoms with van der Waals surface area (Å²) >= 11 is 3.97. The zero-order valence-electron chi connectivity index (χ0n) is 10.6. The molecule has 1 rings (SSSR count). The number of nitrogens with one attached hydrogen (secondary N) is 1. The average Bonchev–Trinajstić information content (AvgIpc) is 2.26. The van der Waals surface area contributed by atoms with Crippen LogP contribution in [-0.2, 0) is 4.79 Å². The van der Waals surface area contributed by atoms with Crippen molar-refractivity contribution >= 4 is 18.5 Å². The van der Waals surface area contributed by atoms with Crippen LogP contribution in [0.2, 0.25) is 0 Å². The number of rotatable bonds is 4. The third kappa shape index (κ3) is 3.98. The zero-order chi connectivity index (χ0) is 12.2. The number of thiol groups is 1. The van der Waals surface area contributed by atoms with Crippen molar-refractivity contribution in [3.63, 3.8) is 0 Å². The van der Waals surface area contributed by atoms with Gasteiger partial charge in [0.25, 0.3) is 0 Å². The minimum Gasteiger partial charge on any atom is -0.355 e. The van der Waals surface area contributed by atoms with Gasteiger partial charge in [0.1, 0.15) is 0 Å². The van der Waals surface area contributed by atoms with E-state index in [4.69, 9.17) is 0 Å². The second kappa shape index (κ2) is 5.92. The van der Waals surface area contributed by atoms with Gasteiger partial charge in [0.2, 0.25) is 5.91 Å². The summed E-state index contributed by atoms with van der Waals surface area (Å²) in [6, 6.07) is 0. The van der Waals surface area contributed by atoms with Crippen LogP contribution in [-0.4, -0.2) is 43.2 Å². The Morgan fingerprint density at radius 2 is 2.00 bits per heavy atom. The molecule has 0 spiro atoms. The first-order chi connectivity index (χ1) is 7.45. The Balaban J connectivity index is 2.40. The number of carbonyl (C=O) groups excluding carboxylic acids is 1. The van der Waals surface area contributed by atoms with Gasteiger partial charge >= 0.3 is 0 Å². The SMILES string of the molecule is CN1CCC(C(C)(C)CNC(=O)CS)CC1. The predicted octanol–water partition coefficient (Wildman–Crippen LogP) is 1.40. The minimum absolute atomic E-state index is 0.0318. The molecule has 1 amide bonds. The van der Waals surface area contributed by atoms with E-state index in [1.807, 2.05) is 0 Å². The van der Waals surface area contributed by atoms with Gasteiger partial charge in [-0.25, -0.2) is 0 Å². The van der Waals surface area contributed by atoms with Crippen molar-refractivity contribution in [2.75, 3.05) is 32.4 Å². The molecule has 0 aromatic carbocycles. The largest absolute Gasteiger partial charge is 0.355 e. The maximum absolute atomic E-state index is 11.2. The second-order valence-corrected chi connectivity index (χ2v) is 5.82. The molecule has 0 bridgehead atoms. The van der Waals surface area contributed by atoms with Crippen molar-refractivity contribution in [3.8, 4) is 0 Å². The van der Waals surface area contributed by atoms with Gasteiger partial charge in [-0.05, 0) is 44.3 Å². The normalized spacial score (nSPS) is 19.8. The smallest absolute Gasteiger partial charge is 0.229 e. The van der Waals surface area contributed by atoms with Gasteiger partial charge in [-0.2, -0.15) is 12.6 Å². The lowest BCUT2D eigenvalue weighted by Crippen LogP contribution is -2.43. The molecular formula is C12H24N2OS. The molecule has 94 valence electrons. The number of hydrogen-bond acceptors (Lipinski definition) is 3. The molecule has 1 aliphatic rings. The van der Waals surface area contributed by atoms with E-state index in [2.05, 4.69) is 43.7 Å². The van der Waals surface area contributed by atoms with E-state index in [1.165, 1.54) is 25.9 Å². The molecule has 1 aliphatic heterocycles. The molecule has 0 saturated carbocycles. The molecule has 3 nitrogen and oxygen atoms in total. The Morgan fingerprint density at radius 3 is 2.50 bits per heavy atom. The number of hydrogen-bond donors (Lipinski definition) is 2. The van der Waals surface area contributed by atoms with E-state index >= 15 is 0 Å². The summed E-state index contributed by atoms with van der Waals surface area (Å²) in [4.78, 5) is 13.6. The summed E-state index contributed by atoms with van der Waals surface area (Å²) in [5, 5.41) is 2.95. The first kappa shape index (κ1) is 13.8. The van der Waals surface area contributed by atoms with Crippen LogP contribution in [0.25, 0.3) is 0 Å². The number of likely N-dealkylation sites (tertiary alicyclic amines) is 1. The van der Waals surface area contributed by atoms with Crippen LogP contribution in [0.5, 0.6) is 0 Å². The molecule has 0 aromatic rings. The van der Waals surface area contributed by atoms with E-state index in [9.17, 15) is 4.79 Å². The van der Waals surface area contributed by atoms with E-state index in [1.54, 1.807) is 0 Å². The van der Waals surface area contributed by atoms with Gasteiger partial charge in [0.05, 0.1) is 5.75 Å². The molecule has 0 radical (unpaired) electrons. The molecule has 0 unspecified atom stereocenters. The number of carbonyl (C=O) groups is 1. The van der Waals surface area contributed by atoms with Crippen molar-refractivity contribution < 1.29 is 4.79 Å². The van der Waals surface area contributed by atoms with Gasteiger partial charge < -0.3 is 10.2 Å². The van der Waals surface area contributed by atoms with Gasteiger partial charge in [-0.1, -0.05) is 13.8 Å². The Bertz CT molecular complexity index is 235. The average molecular weight is 244 g/mol. The molecule has 1 saturated heterocycles. The van der Waals surface area contributed by atoms with E-state index < -0.39 is 0 Å². The molecular weight excluding hydrogens is 220 g/mol. The van der Waals surface area contributed by atoms with Crippen molar-refractivity contribution in [2.24, 2.45) is 11.3 Å². The summed E-state index contributed by atoms with van der Waals surface area (Å²) in [5.41, 5.74) is 0.194. The zero-order valence-corrected chi connectivity index (χ0v) is 11.5. The molecule has 0 aromatic heterocycles. The van der Waals surface area contributed by atoms with Gasteiger partial charge in [0.15, 0.2) is 0 Å². The second-order valence-electron chi connectivity index (χ2n) is 5.50. The van der Waals surface area contributed by atoms with Gasteiger partial charge in [0, 0.05) is 6.54 Å². The van der Waals surface area contributed by atoms with E-state index in [-0.39, 0.29) is 17.1 Å². The van der Waals surface area contributed by atoms with Crippen LogP contribution in [0.4, 0.5) is 0 Å². The highest BCUT2D eigenvalue weighted by Crippen LogP contribution is 2.34. The lowest BCUT2D eigenvalue weighted by molar-refractivity contribution is -0.119. The molecule has 1 fully saturated rings. The van der Waals surface area contributed by atoms with Crippen LogP contribution >= 0.6 is 12.6 Å². The molecule has 16 heavy (non-hydrogen) atoms. The maximum atomic E-state index is 11.2. The Morgan fingerprint density at radius 1 is 1.44 bits per heavy atom. The third-order valence-corrected chi connectivity index (χ3v) is 4.00. The lowest BCUT2D eigenvalue weighted by atomic mass is 9.73. The first-order valence-electron chi connectivity index (χ1n) is 6.02. The van der Waals surface area contributed by atoms with Gasteiger partial charge in [-0.3, -0.25) is 4.79 Å². The number of nitrogens with zero attached hydrogens (tertiary/aromatic N) is 1. The number of piperidine rings is 1. The summed E-state index contributed by atoms with van der Waals surface area (Å²) in [6.45, 7) is 7.62. The fourth-order valence-electron chi connectivity index (χ4n) is 2.32. The fourth-order valence-corrected chi connectivity index (χ4v) is 2.43. The molecule has 1 N–H and O–H groups in total. The standard InChI is InChI=1S/C12H24N2OS/c1-12(2,9-13-11(15)8-16)10-4-6-14(3)7-5-10/h10,16H,4-9H2,1-3H3,(H,13,15). The van der Waals surface area contributed by atoms with Crippen LogP contribution in [0.3, 0.4) is 0 Å². The molecule has 0 atom stereocenters. The Labute approximate surface area is 104 Å². The van der Waals surface area contributed by atoms with E-state index in [0.717, 1.165) is 6.54 Å². The summed E-state index contributed by atoms with van der Waals surface area (Å²) in [5.74, 6) is 1.02. The monoisotopic (exact) mass is 244 g/mol. The van der Waals surface area contributed by atoms with Crippen LogP contribution in [0.15, 0.2) is 0 Å². The summed E-state index contributed by atoms with van der Waals surface area (Å²) in [6.07, 6.45) is 2.47. The maximum Gasteiger partial charge on any atom is 0.229 e. The minimum atomic E-state index is 0.0318. The first-order valence-corrected chi connectivity index (χ1v) is 6.65. The third-order valence-electron chi connectivity index (χ3n) is 3.71. The quantitative estimate of drug-likeness (QED) is 0.733. The highest BCUT2D eigenvalue weighted by Gasteiger charge is 2.31. The van der Waals surface area contributed by atoms with Crippen molar-refractivity contribution in [2.45, 2.75) is 26.7 Å². The summed E-state index contributed by atoms with van der Waals surface area (Å²) < 4.78 is 0. The van der Waals surface area contributed by atoms with Crippen molar-refractivity contribution in [1.29, 1.82) is 0 Å². The van der Waals surface area contributed by atoms with Crippen molar-refractivity contribution in [1.82, 2.24) is 10.2 Å². The number of amides is 1. The molecule has 0 aliphatic carbocycles. The predicted molar refractivity (Wildman–Crippen MR) is 70.9 cm³/mol. The van der Waals surface area contributed by atoms with Crippen molar-refractivity contribution in [3.05, 3.63) is 0 Å². The Kier molecular flexibility index (Phi) is 5.12. The topological polar surface area (TPSA) is 32.3 Å². The lowest BCUT2D eigenvalue weighted by Gasteiger charge is -2.39. The molecule has 1 heterocycles. The van der Waals surface area contributed by atoms with Gasteiger partial charge in [-0.15, -0.1) is 0 Å². The highest BCUT2D eigenvalue weighted by atomic mass is 32.1. The fraction of sp³-hybridized carbons (Fsp3) is 0.917. The molecule has 4 heteroatoms. The highest BCUT2D eigenvalue weighted by molar-refractivity contribution is 7.81. The Hall–Kier alpha value is -0.220. The summed E-state index contributed by atoms with van der Waals surface area (Å²) in [7, 11) is 2.17. The van der Waals surface area contributed by atoms with Crippen LogP contribution < -0.4 is 5.32 Å².